The number of carbonyl (C=O) groups is 2. The van der Waals surface area contributed by atoms with Gasteiger partial charge in [-0.15, -0.1) is 0 Å². The molecular weight excluding hydrogens is 235 g/mol. The van der Waals surface area contributed by atoms with Crippen LogP contribution in [-0.4, -0.2) is 18.4 Å². The maximum absolute atomic E-state index is 13.0. The highest BCUT2D eigenvalue weighted by Crippen LogP contribution is 2.11. The van der Waals surface area contributed by atoms with Crippen LogP contribution in [0.2, 0.25) is 0 Å². The molecule has 0 amide bonds. The van der Waals surface area contributed by atoms with Crippen molar-refractivity contribution in [3.8, 4) is 11.8 Å². The van der Waals surface area contributed by atoms with E-state index >= 15 is 0 Å². The van der Waals surface area contributed by atoms with Crippen molar-refractivity contribution in [2.24, 2.45) is 0 Å². The third-order valence-electron chi connectivity index (χ3n) is 2.12. The summed E-state index contributed by atoms with van der Waals surface area (Å²) < 4.78 is 17.7. The van der Waals surface area contributed by atoms with Gasteiger partial charge in [-0.3, -0.25) is 9.59 Å². The molecule has 0 bridgehead atoms. The zero-order valence-electron chi connectivity index (χ0n) is 10.2. The molecule has 1 aromatic rings. The zero-order valence-corrected chi connectivity index (χ0v) is 10.2. The van der Waals surface area contributed by atoms with Crippen LogP contribution in [0, 0.1) is 17.7 Å². The second-order valence-corrected chi connectivity index (χ2v) is 3.53. The Labute approximate surface area is 105 Å². The summed E-state index contributed by atoms with van der Waals surface area (Å²) >= 11 is 0. The lowest BCUT2D eigenvalue weighted by Gasteiger charge is -2.00. The molecule has 18 heavy (non-hydrogen) atoms. The van der Waals surface area contributed by atoms with Gasteiger partial charge in [-0.05, 0) is 32.0 Å². The molecule has 0 aliphatic carbocycles. The number of carbonyl (C=O) groups excluding carboxylic acids is 2. The fourth-order valence-electron chi connectivity index (χ4n) is 1.35. The smallest absolute Gasteiger partial charge is 0.317 e. The Morgan fingerprint density at radius 2 is 2.11 bits per heavy atom. The highest BCUT2D eigenvalue weighted by atomic mass is 19.1. The van der Waals surface area contributed by atoms with Gasteiger partial charge < -0.3 is 4.74 Å². The predicted molar refractivity (Wildman–Crippen MR) is 64.5 cm³/mol. The van der Waals surface area contributed by atoms with Crippen LogP contribution in [0.25, 0.3) is 0 Å². The molecule has 0 spiro atoms. The molecule has 4 heteroatoms. The molecular formula is C14H13FO3. The van der Waals surface area contributed by atoms with Crippen molar-refractivity contribution in [3.63, 3.8) is 0 Å². The minimum Gasteiger partial charge on any atom is -0.465 e. The third-order valence-corrected chi connectivity index (χ3v) is 2.12. The Kier molecular flexibility index (Phi) is 5.06. The second kappa shape index (κ2) is 6.55. The highest BCUT2D eigenvalue weighted by molar-refractivity contribution is 5.96. The van der Waals surface area contributed by atoms with E-state index < -0.39 is 11.8 Å². The second-order valence-electron chi connectivity index (χ2n) is 3.53. The lowest BCUT2D eigenvalue weighted by Crippen LogP contribution is -2.02. The maximum atomic E-state index is 13.0. The molecule has 0 aliphatic heterocycles. The van der Waals surface area contributed by atoms with E-state index in [4.69, 9.17) is 4.74 Å². The first kappa shape index (κ1) is 13.9. The van der Waals surface area contributed by atoms with Crippen LogP contribution >= 0.6 is 0 Å². The Bertz CT molecular complexity index is 524. The molecule has 0 atom stereocenters. The van der Waals surface area contributed by atoms with Crippen molar-refractivity contribution in [3.05, 3.63) is 35.1 Å². The quantitative estimate of drug-likeness (QED) is 0.468. The lowest BCUT2D eigenvalue weighted by molar-refractivity contribution is -0.141. The number of rotatable bonds is 3. The fraction of sp³-hybridized carbons (Fsp3) is 0.286. The summed E-state index contributed by atoms with van der Waals surface area (Å²) in [4.78, 5) is 22.3. The minimum atomic E-state index is -0.472. The molecule has 0 N–H and O–H groups in total. The van der Waals surface area contributed by atoms with Crippen LogP contribution in [0.5, 0.6) is 0 Å². The van der Waals surface area contributed by atoms with Gasteiger partial charge >= 0.3 is 5.97 Å². The first-order chi connectivity index (χ1) is 8.54. The average Bonchev–Trinajstić information content (AvgIpc) is 2.29. The van der Waals surface area contributed by atoms with Crippen LogP contribution in [0.4, 0.5) is 4.39 Å². The van der Waals surface area contributed by atoms with E-state index in [0.717, 1.165) is 0 Å². The molecule has 0 aliphatic rings. The number of hydrogen-bond acceptors (Lipinski definition) is 3. The molecule has 0 unspecified atom stereocenters. The molecule has 1 rings (SSSR count). The first-order valence-electron chi connectivity index (χ1n) is 5.49. The Balaban J connectivity index is 2.90. The number of benzene rings is 1. The van der Waals surface area contributed by atoms with Crippen LogP contribution in [0.1, 0.15) is 36.2 Å². The van der Waals surface area contributed by atoms with Crippen molar-refractivity contribution in [2.45, 2.75) is 20.3 Å². The van der Waals surface area contributed by atoms with Crippen molar-refractivity contribution >= 4 is 11.8 Å². The molecule has 0 saturated carbocycles. The molecule has 94 valence electrons. The Morgan fingerprint density at radius 3 is 2.72 bits per heavy atom. The van der Waals surface area contributed by atoms with Crippen molar-refractivity contribution in [1.29, 1.82) is 0 Å². The summed E-state index contributed by atoms with van der Waals surface area (Å²) in [6, 6.07) is 3.76. The van der Waals surface area contributed by atoms with Crippen molar-refractivity contribution in [1.82, 2.24) is 0 Å². The Morgan fingerprint density at radius 1 is 1.39 bits per heavy atom. The summed E-state index contributed by atoms with van der Waals surface area (Å²) in [7, 11) is 0. The van der Waals surface area contributed by atoms with Crippen LogP contribution in [0.3, 0.4) is 0 Å². The van der Waals surface area contributed by atoms with Gasteiger partial charge in [0.05, 0.1) is 6.61 Å². The highest BCUT2D eigenvalue weighted by Gasteiger charge is 2.06. The number of esters is 1. The summed E-state index contributed by atoms with van der Waals surface area (Å²) in [5.74, 6) is 4.07. The summed E-state index contributed by atoms with van der Waals surface area (Å²) in [5.41, 5.74) is 0.625. The molecule has 0 heterocycles. The third kappa shape index (κ3) is 4.02. The minimum absolute atomic E-state index is 0.0816. The maximum Gasteiger partial charge on any atom is 0.317 e. The molecule has 0 fully saturated rings. The molecule has 0 aromatic heterocycles. The van der Waals surface area contributed by atoms with Crippen LogP contribution in [-0.2, 0) is 9.53 Å². The molecule has 0 saturated heterocycles. The SMILES string of the molecule is CCOC(=O)CC#Cc1cc(F)ccc1C(C)=O. The average molecular weight is 248 g/mol. The standard InChI is InChI=1S/C14H13FO3/c1-3-18-14(17)6-4-5-11-9-12(15)7-8-13(11)10(2)16/h7-9H,3,6H2,1-2H3. The normalized spacial score (nSPS) is 9.28. The van der Waals surface area contributed by atoms with Crippen LogP contribution in [0.15, 0.2) is 18.2 Å². The van der Waals surface area contributed by atoms with Gasteiger partial charge in [-0.25, -0.2) is 4.39 Å². The van der Waals surface area contributed by atoms with Gasteiger partial charge in [0.2, 0.25) is 0 Å². The molecule has 3 nitrogen and oxygen atoms in total. The van der Waals surface area contributed by atoms with Gasteiger partial charge in [0.1, 0.15) is 12.2 Å². The van der Waals surface area contributed by atoms with Crippen molar-refractivity contribution in [2.75, 3.05) is 6.61 Å². The van der Waals surface area contributed by atoms with Gasteiger partial charge in [0.15, 0.2) is 5.78 Å². The molecule has 0 radical (unpaired) electrons. The van der Waals surface area contributed by atoms with Gasteiger partial charge in [0.25, 0.3) is 0 Å². The summed E-state index contributed by atoms with van der Waals surface area (Å²) in [6.07, 6.45) is -0.0816. The topological polar surface area (TPSA) is 43.4 Å². The van der Waals surface area contributed by atoms with E-state index in [2.05, 4.69) is 11.8 Å². The van der Waals surface area contributed by atoms with Gasteiger partial charge in [0, 0.05) is 11.1 Å². The van der Waals surface area contributed by atoms with Gasteiger partial charge in [-0.2, -0.15) is 0 Å². The number of Topliss-reactive ketones (excluding diaryl/α,β-unsaturated/α-hetero) is 1. The van der Waals surface area contributed by atoms with E-state index in [1.807, 2.05) is 0 Å². The number of ketones is 1. The largest absolute Gasteiger partial charge is 0.465 e. The van der Waals surface area contributed by atoms with E-state index in [1.165, 1.54) is 25.1 Å². The first-order valence-corrected chi connectivity index (χ1v) is 5.49. The number of halogens is 1. The van der Waals surface area contributed by atoms with Crippen molar-refractivity contribution < 1.29 is 18.7 Å². The van der Waals surface area contributed by atoms with E-state index in [1.54, 1.807) is 6.92 Å². The van der Waals surface area contributed by atoms with E-state index in [9.17, 15) is 14.0 Å². The fourth-order valence-corrected chi connectivity index (χ4v) is 1.35. The van der Waals surface area contributed by atoms with E-state index in [-0.39, 0.29) is 17.8 Å². The van der Waals surface area contributed by atoms with Crippen LogP contribution < -0.4 is 0 Å². The summed E-state index contributed by atoms with van der Waals surface area (Å²) in [5, 5.41) is 0. The number of ether oxygens (including phenoxy) is 1. The Hall–Kier alpha value is -2.15. The molecule has 1 aromatic carbocycles. The monoisotopic (exact) mass is 248 g/mol. The van der Waals surface area contributed by atoms with E-state index in [0.29, 0.717) is 12.2 Å². The summed E-state index contributed by atoms with van der Waals surface area (Å²) in [6.45, 7) is 3.37. The predicted octanol–water partition coefficient (Wildman–Crippen LogP) is 2.33. The lowest BCUT2D eigenvalue weighted by atomic mass is 10.0. The zero-order chi connectivity index (χ0) is 13.5. The van der Waals surface area contributed by atoms with Gasteiger partial charge in [-0.1, -0.05) is 11.8 Å². The number of hydrogen-bond donors (Lipinski definition) is 0.